The molecule has 4 atom stereocenters. The lowest BCUT2D eigenvalue weighted by Crippen LogP contribution is -2.50. The number of hydrogen-bond donors (Lipinski definition) is 4. The van der Waals surface area contributed by atoms with Crippen molar-refractivity contribution in [3.05, 3.63) is 12.2 Å². The number of rotatable bonds is 4. The number of nitrogen functional groups attached to an aromatic ring is 1. The number of aliphatic hydroxyl groups excluding tert-OH is 2. The van der Waals surface area contributed by atoms with Crippen LogP contribution in [0.2, 0.25) is 0 Å². The molecule has 0 spiro atoms. The number of imidazole rings is 1. The van der Waals surface area contributed by atoms with Gasteiger partial charge < -0.3 is 35.6 Å². The summed E-state index contributed by atoms with van der Waals surface area (Å²) in [5, 5.41) is 23.5. The van der Waals surface area contributed by atoms with Crippen molar-refractivity contribution in [3.63, 3.8) is 0 Å². The molecule has 2 aromatic heterocycles. The lowest BCUT2D eigenvalue weighted by atomic mass is 10.1. The minimum atomic E-state index is -1.43. The Hall–Kier alpha value is -3.51. The van der Waals surface area contributed by atoms with Crippen molar-refractivity contribution >= 4 is 29.0 Å². The standard InChI is InChI=1S/C24H34N8O6/c1-5-26-21(35)18-16(33)17(34)22(37-18)32-13-27-15-19(25)28-14(29-20(15)32)7-6-8-30-9-11-31(12-10-30)23(36)38-24(2,3)4/h13,16-18,22,33-34H,5,8-12H2,1-4H3,(H,26,35)(H2,25,28,29)/t16?,17?,18?,22-/m0/s1. The van der Waals surface area contributed by atoms with Gasteiger partial charge in [-0.05, 0) is 33.6 Å². The van der Waals surface area contributed by atoms with E-state index in [0.717, 1.165) is 0 Å². The summed E-state index contributed by atoms with van der Waals surface area (Å²) in [4.78, 5) is 41.1. The molecule has 14 heteroatoms. The van der Waals surface area contributed by atoms with Crippen LogP contribution >= 0.6 is 0 Å². The number of nitrogens with zero attached hydrogens (tertiary/aromatic N) is 6. The van der Waals surface area contributed by atoms with Crippen LogP contribution in [0.3, 0.4) is 0 Å². The Balaban J connectivity index is 1.43. The zero-order valence-electron chi connectivity index (χ0n) is 21.9. The van der Waals surface area contributed by atoms with Crippen molar-refractivity contribution in [2.45, 2.75) is 57.8 Å². The van der Waals surface area contributed by atoms with Gasteiger partial charge in [0.1, 0.15) is 23.3 Å². The Morgan fingerprint density at radius 3 is 2.58 bits per heavy atom. The highest BCUT2D eigenvalue weighted by atomic mass is 16.6. The zero-order valence-corrected chi connectivity index (χ0v) is 21.9. The van der Waals surface area contributed by atoms with Gasteiger partial charge in [-0.2, -0.15) is 0 Å². The molecule has 0 aliphatic carbocycles. The zero-order chi connectivity index (χ0) is 27.6. The molecule has 2 aromatic rings. The fourth-order valence-electron chi connectivity index (χ4n) is 4.21. The van der Waals surface area contributed by atoms with Gasteiger partial charge in [0.05, 0.1) is 12.9 Å². The number of aliphatic hydroxyl groups is 2. The predicted molar refractivity (Wildman–Crippen MR) is 135 cm³/mol. The van der Waals surface area contributed by atoms with Crippen molar-refractivity contribution in [2.75, 3.05) is 45.0 Å². The lowest BCUT2D eigenvalue weighted by molar-refractivity contribution is -0.137. The summed E-state index contributed by atoms with van der Waals surface area (Å²) in [6.45, 7) is 10.4. The summed E-state index contributed by atoms with van der Waals surface area (Å²) in [6.07, 6.45) is -4.15. The van der Waals surface area contributed by atoms with Crippen LogP contribution in [0.25, 0.3) is 11.2 Å². The van der Waals surface area contributed by atoms with E-state index in [2.05, 4.69) is 37.0 Å². The van der Waals surface area contributed by atoms with E-state index >= 15 is 0 Å². The first kappa shape index (κ1) is 27.5. The molecule has 2 aliphatic heterocycles. The summed E-state index contributed by atoms with van der Waals surface area (Å²) in [7, 11) is 0. The van der Waals surface area contributed by atoms with Crippen molar-refractivity contribution in [1.29, 1.82) is 0 Å². The number of likely N-dealkylation sites (N-methyl/N-ethyl adjacent to an activating group) is 1. The first-order chi connectivity index (χ1) is 18.0. The van der Waals surface area contributed by atoms with E-state index < -0.39 is 36.0 Å². The van der Waals surface area contributed by atoms with Crippen LogP contribution in [0.15, 0.2) is 6.33 Å². The van der Waals surface area contributed by atoms with Gasteiger partial charge in [0.25, 0.3) is 5.91 Å². The van der Waals surface area contributed by atoms with E-state index in [0.29, 0.717) is 39.3 Å². The number of nitrogens with one attached hydrogen (secondary N) is 1. The van der Waals surface area contributed by atoms with Gasteiger partial charge in [-0.15, -0.1) is 0 Å². The Morgan fingerprint density at radius 1 is 1.21 bits per heavy atom. The molecule has 5 N–H and O–H groups in total. The maximum atomic E-state index is 12.2. The number of anilines is 1. The van der Waals surface area contributed by atoms with Gasteiger partial charge >= 0.3 is 6.09 Å². The number of hydrogen-bond acceptors (Lipinski definition) is 11. The number of carbonyl (C=O) groups is 2. The van der Waals surface area contributed by atoms with E-state index in [-0.39, 0.29) is 28.9 Å². The molecule has 38 heavy (non-hydrogen) atoms. The van der Waals surface area contributed by atoms with Crippen molar-refractivity contribution < 1.29 is 29.3 Å². The molecule has 4 rings (SSSR count). The summed E-state index contributed by atoms with van der Waals surface area (Å²) in [6, 6.07) is 0. The minimum absolute atomic E-state index is 0.0948. The van der Waals surface area contributed by atoms with Crippen LogP contribution in [-0.2, 0) is 14.3 Å². The highest BCUT2D eigenvalue weighted by Crippen LogP contribution is 2.32. The number of piperazine rings is 1. The third-order valence-electron chi connectivity index (χ3n) is 6.10. The van der Waals surface area contributed by atoms with E-state index in [1.54, 1.807) is 11.8 Å². The van der Waals surface area contributed by atoms with E-state index in [9.17, 15) is 19.8 Å². The second kappa shape index (κ2) is 11.1. The Labute approximate surface area is 220 Å². The molecule has 14 nitrogen and oxygen atoms in total. The molecular formula is C24H34N8O6. The van der Waals surface area contributed by atoms with Gasteiger partial charge in [-0.25, -0.2) is 19.7 Å². The number of amides is 2. The largest absolute Gasteiger partial charge is 0.444 e. The molecule has 4 heterocycles. The first-order valence-corrected chi connectivity index (χ1v) is 12.5. The number of nitrogens with two attached hydrogens (primary N) is 1. The molecular weight excluding hydrogens is 496 g/mol. The van der Waals surface area contributed by atoms with Crippen LogP contribution in [0.4, 0.5) is 10.6 Å². The third kappa shape index (κ3) is 5.97. The fourth-order valence-corrected chi connectivity index (χ4v) is 4.21. The first-order valence-electron chi connectivity index (χ1n) is 12.5. The van der Waals surface area contributed by atoms with Gasteiger partial charge in [0.2, 0.25) is 5.82 Å². The quantitative estimate of drug-likeness (QED) is 0.358. The monoisotopic (exact) mass is 530 g/mol. The van der Waals surface area contributed by atoms with Gasteiger partial charge in [-0.3, -0.25) is 14.3 Å². The van der Waals surface area contributed by atoms with Gasteiger partial charge in [-0.1, -0.05) is 5.92 Å². The summed E-state index contributed by atoms with van der Waals surface area (Å²) in [5.41, 5.74) is 6.07. The molecule has 2 fully saturated rings. The normalized spacial score (nSPS) is 24.2. The number of carbonyl (C=O) groups excluding carboxylic acids is 2. The number of aromatic nitrogens is 4. The average molecular weight is 531 g/mol. The van der Waals surface area contributed by atoms with Crippen molar-refractivity contribution in [1.82, 2.24) is 34.6 Å². The third-order valence-corrected chi connectivity index (χ3v) is 6.10. The SMILES string of the molecule is CCNC(=O)C1O[C@H](n2cnc3c(N)nc(C#CCN4CCN(C(=O)OC(C)(C)C)CC4)nc32)C(O)C1O. The van der Waals surface area contributed by atoms with Crippen LogP contribution in [-0.4, -0.2) is 115 Å². The highest BCUT2D eigenvalue weighted by Gasteiger charge is 2.47. The second-order valence-electron chi connectivity index (χ2n) is 10.1. The second-order valence-corrected chi connectivity index (χ2v) is 10.1. The van der Waals surface area contributed by atoms with Gasteiger partial charge in [0.15, 0.2) is 23.8 Å². The average Bonchev–Trinajstić information content (AvgIpc) is 3.40. The Morgan fingerprint density at radius 2 is 1.92 bits per heavy atom. The fraction of sp³-hybridized carbons (Fsp3) is 0.625. The molecule has 0 bridgehead atoms. The van der Waals surface area contributed by atoms with Crippen LogP contribution in [0.1, 0.15) is 39.7 Å². The minimum Gasteiger partial charge on any atom is -0.444 e. The van der Waals surface area contributed by atoms with Crippen LogP contribution in [0, 0.1) is 11.8 Å². The Bertz CT molecular complexity index is 1240. The topological polar surface area (TPSA) is 181 Å². The number of fused-ring (bicyclic) bond motifs is 1. The summed E-state index contributed by atoms with van der Waals surface area (Å²) < 4.78 is 12.5. The van der Waals surface area contributed by atoms with E-state index in [1.807, 2.05) is 20.8 Å². The predicted octanol–water partition coefficient (Wildman–Crippen LogP) is -0.932. The molecule has 2 saturated heterocycles. The summed E-state index contributed by atoms with van der Waals surface area (Å²) in [5.74, 6) is 5.66. The van der Waals surface area contributed by atoms with Crippen LogP contribution in [0.5, 0.6) is 0 Å². The molecule has 2 aliphatic rings. The molecule has 0 aromatic carbocycles. The maximum Gasteiger partial charge on any atom is 0.410 e. The molecule has 2 amide bonds. The van der Waals surface area contributed by atoms with Crippen LogP contribution < -0.4 is 11.1 Å². The van der Waals surface area contributed by atoms with Gasteiger partial charge in [0, 0.05) is 32.7 Å². The lowest BCUT2D eigenvalue weighted by Gasteiger charge is -2.34. The van der Waals surface area contributed by atoms with Crippen molar-refractivity contribution in [2.24, 2.45) is 0 Å². The molecule has 0 saturated carbocycles. The maximum absolute atomic E-state index is 12.2. The molecule has 206 valence electrons. The summed E-state index contributed by atoms with van der Waals surface area (Å²) >= 11 is 0. The van der Waals surface area contributed by atoms with E-state index in [4.69, 9.17) is 15.2 Å². The highest BCUT2D eigenvalue weighted by molar-refractivity contribution is 5.83. The molecule has 3 unspecified atom stereocenters. The van der Waals surface area contributed by atoms with E-state index in [1.165, 1.54) is 10.9 Å². The number of ether oxygens (including phenoxy) is 2. The molecule has 0 radical (unpaired) electrons. The smallest absolute Gasteiger partial charge is 0.410 e. The van der Waals surface area contributed by atoms with Crippen molar-refractivity contribution in [3.8, 4) is 11.8 Å². The Kier molecular flexibility index (Phi) is 8.02.